The van der Waals surface area contributed by atoms with Crippen LogP contribution in [-0.4, -0.2) is 22.3 Å². The lowest BCUT2D eigenvalue weighted by Gasteiger charge is -2.28. The minimum absolute atomic E-state index is 0.0285. The van der Waals surface area contributed by atoms with E-state index in [1.165, 1.54) is 11.6 Å². The van der Waals surface area contributed by atoms with Gasteiger partial charge in [0.2, 0.25) is 5.91 Å². The molecule has 4 nitrogen and oxygen atoms in total. The highest BCUT2D eigenvalue weighted by molar-refractivity contribution is 5.87. The van der Waals surface area contributed by atoms with Crippen molar-refractivity contribution in [3.05, 3.63) is 66.5 Å². The van der Waals surface area contributed by atoms with Gasteiger partial charge in [0.15, 0.2) is 0 Å². The second-order valence-corrected chi connectivity index (χ2v) is 4.94. The summed E-state index contributed by atoms with van der Waals surface area (Å²) < 4.78 is 5.78. The molecule has 1 aromatic heterocycles. The van der Waals surface area contributed by atoms with Crippen LogP contribution in [0.1, 0.15) is 11.1 Å². The Balaban J connectivity index is 1.81. The van der Waals surface area contributed by atoms with Crippen LogP contribution in [0.15, 0.2) is 55.4 Å². The number of pyridine rings is 1. The van der Waals surface area contributed by atoms with E-state index in [0.717, 1.165) is 24.3 Å². The van der Waals surface area contributed by atoms with Crippen LogP contribution >= 0.6 is 0 Å². The molecule has 21 heavy (non-hydrogen) atoms. The summed E-state index contributed by atoms with van der Waals surface area (Å²) in [4.78, 5) is 17.5. The quantitative estimate of drug-likeness (QED) is 0.812. The van der Waals surface area contributed by atoms with Gasteiger partial charge in [-0.2, -0.15) is 0 Å². The molecule has 0 saturated carbocycles. The molecule has 0 atom stereocenters. The van der Waals surface area contributed by atoms with Crippen LogP contribution in [-0.2, 0) is 17.8 Å². The summed E-state index contributed by atoms with van der Waals surface area (Å²) in [5, 5.41) is 0. The lowest BCUT2D eigenvalue weighted by Crippen LogP contribution is -2.34. The number of nitrogens with zero attached hydrogens (tertiary/aromatic N) is 2. The van der Waals surface area contributed by atoms with E-state index in [1.54, 1.807) is 17.3 Å². The van der Waals surface area contributed by atoms with Crippen molar-refractivity contribution < 1.29 is 9.53 Å². The van der Waals surface area contributed by atoms with Crippen molar-refractivity contribution in [2.45, 2.75) is 13.0 Å². The minimum atomic E-state index is -0.0285. The second-order valence-electron chi connectivity index (χ2n) is 4.94. The summed E-state index contributed by atoms with van der Waals surface area (Å²) in [5.41, 5.74) is 2.39. The molecule has 2 heterocycles. The topological polar surface area (TPSA) is 42.4 Å². The van der Waals surface area contributed by atoms with E-state index in [2.05, 4.69) is 17.6 Å². The van der Waals surface area contributed by atoms with E-state index < -0.39 is 0 Å². The lowest BCUT2D eigenvalue weighted by molar-refractivity contribution is -0.126. The van der Waals surface area contributed by atoms with Crippen molar-refractivity contribution in [2.24, 2.45) is 0 Å². The van der Waals surface area contributed by atoms with Gasteiger partial charge >= 0.3 is 0 Å². The molecule has 1 aliphatic heterocycles. The number of hydrogen-bond donors (Lipinski definition) is 0. The monoisotopic (exact) mass is 280 g/mol. The molecule has 0 N–H and O–H groups in total. The molecule has 1 aromatic carbocycles. The Kier molecular flexibility index (Phi) is 3.69. The first-order valence-electron chi connectivity index (χ1n) is 6.87. The number of fused-ring (bicyclic) bond motifs is 1. The number of benzene rings is 1. The molecule has 0 unspecified atom stereocenters. The number of rotatable bonds is 3. The van der Waals surface area contributed by atoms with E-state index in [4.69, 9.17) is 4.74 Å². The number of carbonyl (C=O) groups excluding carboxylic acids is 1. The summed E-state index contributed by atoms with van der Waals surface area (Å²) >= 11 is 0. The van der Waals surface area contributed by atoms with Gasteiger partial charge in [0, 0.05) is 19.3 Å². The predicted octanol–water partition coefficient (Wildman–Crippen LogP) is 2.94. The van der Waals surface area contributed by atoms with Crippen LogP contribution in [0.4, 0.5) is 0 Å². The zero-order chi connectivity index (χ0) is 14.7. The number of aromatic nitrogens is 1. The van der Waals surface area contributed by atoms with Crippen LogP contribution in [0.25, 0.3) is 0 Å². The fourth-order valence-corrected chi connectivity index (χ4v) is 2.46. The minimum Gasteiger partial charge on any atom is -0.456 e. The number of amides is 1. The first-order chi connectivity index (χ1) is 10.3. The molecule has 2 aromatic rings. The second kappa shape index (κ2) is 5.79. The molecule has 1 aliphatic rings. The summed E-state index contributed by atoms with van der Waals surface area (Å²) in [6, 6.07) is 9.71. The molecule has 0 radical (unpaired) electrons. The highest BCUT2D eigenvalue weighted by Crippen LogP contribution is 2.27. The maximum Gasteiger partial charge on any atom is 0.246 e. The average Bonchev–Trinajstić information content (AvgIpc) is 2.54. The maximum absolute atomic E-state index is 11.7. The fraction of sp³-hybridized carbons (Fsp3) is 0.176. The Hall–Kier alpha value is -2.62. The van der Waals surface area contributed by atoms with Crippen LogP contribution in [0, 0.1) is 0 Å². The van der Waals surface area contributed by atoms with E-state index >= 15 is 0 Å². The van der Waals surface area contributed by atoms with E-state index in [0.29, 0.717) is 12.3 Å². The van der Waals surface area contributed by atoms with Crippen molar-refractivity contribution in [1.82, 2.24) is 9.88 Å². The van der Waals surface area contributed by atoms with Gasteiger partial charge < -0.3 is 9.64 Å². The SMILES string of the molecule is C=CC(=O)N1CCc2ccc(Oc3cccnc3)cc2C1. The third kappa shape index (κ3) is 2.94. The highest BCUT2D eigenvalue weighted by Gasteiger charge is 2.19. The Morgan fingerprint density at radius 2 is 2.19 bits per heavy atom. The average molecular weight is 280 g/mol. The van der Waals surface area contributed by atoms with E-state index in [1.807, 2.05) is 24.3 Å². The molecule has 0 saturated heterocycles. The normalized spacial score (nSPS) is 13.4. The van der Waals surface area contributed by atoms with Gasteiger partial charge in [0.05, 0.1) is 6.20 Å². The smallest absolute Gasteiger partial charge is 0.246 e. The summed E-state index contributed by atoms with van der Waals surface area (Å²) in [7, 11) is 0. The van der Waals surface area contributed by atoms with Gasteiger partial charge in [-0.25, -0.2) is 0 Å². The molecule has 0 fully saturated rings. The molecular formula is C17H16N2O2. The fourth-order valence-electron chi connectivity index (χ4n) is 2.46. The first-order valence-corrected chi connectivity index (χ1v) is 6.87. The molecule has 4 heteroatoms. The Morgan fingerprint density at radius 1 is 1.29 bits per heavy atom. The van der Waals surface area contributed by atoms with Crippen molar-refractivity contribution >= 4 is 5.91 Å². The third-order valence-electron chi connectivity index (χ3n) is 3.55. The molecule has 0 bridgehead atoms. The van der Waals surface area contributed by atoms with Gasteiger partial charge in [-0.15, -0.1) is 0 Å². The Morgan fingerprint density at radius 3 is 2.95 bits per heavy atom. The van der Waals surface area contributed by atoms with E-state index in [-0.39, 0.29) is 5.91 Å². The zero-order valence-electron chi connectivity index (χ0n) is 11.7. The van der Waals surface area contributed by atoms with Gasteiger partial charge in [-0.3, -0.25) is 9.78 Å². The first kappa shape index (κ1) is 13.4. The van der Waals surface area contributed by atoms with Gasteiger partial charge in [0.25, 0.3) is 0 Å². The Bertz CT molecular complexity index is 668. The molecule has 0 aliphatic carbocycles. The number of ether oxygens (including phenoxy) is 1. The van der Waals surface area contributed by atoms with Crippen molar-refractivity contribution in [1.29, 1.82) is 0 Å². The van der Waals surface area contributed by atoms with Crippen molar-refractivity contribution in [2.75, 3.05) is 6.54 Å². The highest BCUT2D eigenvalue weighted by atomic mass is 16.5. The molecule has 3 rings (SSSR count). The number of hydrogen-bond acceptors (Lipinski definition) is 3. The zero-order valence-corrected chi connectivity index (χ0v) is 11.7. The van der Waals surface area contributed by atoms with Crippen molar-refractivity contribution in [3.63, 3.8) is 0 Å². The van der Waals surface area contributed by atoms with E-state index in [9.17, 15) is 4.79 Å². The van der Waals surface area contributed by atoms with Crippen LogP contribution in [0.2, 0.25) is 0 Å². The number of carbonyl (C=O) groups is 1. The maximum atomic E-state index is 11.7. The summed E-state index contributed by atoms with van der Waals surface area (Å²) in [5.74, 6) is 1.43. The Labute approximate surface area is 123 Å². The van der Waals surface area contributed by atoms with Gasteiger partial charge in [-0.05, 0) is 47.9 Å². The standard InChI is InChI=1S/C17H16N2O2/c1-2-17(20)19-9-7-13-5-6-15(10-14(13)12-19)21-16-4-3-8-18-11-16/h2-6,8,10-11H,1,7,9,12H2. The molecule has 0 spiro atoms. The van der Waals surface area contributed by atoms with Crippen LogP contribution in [0.5, 0.6) is 11.5 Å². The molecule has 106 valence electrons. The van der Waals surface area contributed by atoms with Crippen LogP contribution in [0.3, 0.4) is 0 Å². The molecule has 1 amide bonds. The predicted molar refractivity (Wildman–Crippen MR) is 80.1 cm³/mol. The van der Waals surface area contributed by atoms with Crippen molar-refractivity contribution in [3.8, 4) is 11.5 Å². The lowest BCUT2D eigenvalue weighted by atomic mass is 9.99. The summed E-state index contributed by atoms with van der Waals surface area (Å²) in [6.07, 6.45) is 5.61. The third-order valence-corrected chi connectivity index (χ3v) is 3.55. The summed E-state index contributed by atoms with van der Waals surface area (Å²) in [6.45, 7) is 4.88. The van der Waals surface area contributed by atoms with Gasteiger partial charge in [0.1, 0.15) is 11.5 Å². The molecular weight excluding hydrogens is 264 g/mol. The van der Waals surface area contributed by atoms with Crippen LogP contribution < -0.4 is 4.74 Å². The van der Waals surface area contributed by atoms with Gasteiger partial charge in [-0.1, -0.05) is 12.6 Å². The largest absolute Gasteiger partial charge is 0.456 e.